The standard InChI is InChI=1S/C24H22ClF3N2O2/c25-22-21(29-13-10-19(11-14-29)18-4-2-1-3-5-18)12-15-30(23(22)31)16-17-6-8-20(9-7-17)32-24(26,27)28/h1-9,12,15,19H,10-11,13-14,16H2. The van der Waals surface area contributed by atoms with Crippen LogP contribution in [-0.2, 0) is 6.54 Å². The summed E-state index contributed by atoms with van der Waals surface area (Å²) in [6.07, 6.45) is -1.10. The molecule has 1 saturated heterocycles. The quantitative estimate of drug-likeness (QED) is 0.478. The minimum atomic E-state index is -4.74. The molecule has 8 heteroatoms. The van der Waals surface area contributed by atoms with Crippen LogP contribution in [0.2, 0.25) is 5.02 Å². The van der Waals surface area contributed by atoms with Crippen LogP contribution in [0.3, 0.4) is 0 Å². The van der Waals surface area contributed by atoms with Crippen molar-refractivity contribution in [2.24, 2.45) is 0 Å². The first-order valence-corrected chi connectivity index (χ1v) is 10.7. The second kappa shape index (κ2) is 9.28. The molecular weight excluding hydrogens is 441 g/mol. The van der Waals surface area contributed by atoms with E-state index in [2.05, 4.69) is 33.9 Å². The molecule has 168 valence electrons. The maximum Gasteiger partial charge on any atom is 0.573 e. The number of halogens is 4. The van der Waals surface area contributed by atoms with Crippen LogP contribution in [-0.4, -0.2) is 24.0 Å². The van der Waals surface area contributed by atoms with E-state index >= 15 is 0 Å². The SMILES string of the molecule is O=c1c(Cl)c(N2CCC(c3ccccc3)CC2)ccn1Cc1ccc(OC(F)(F)F)cc1. The lowest BCUT2D eigenvalue weighted by Gasteiger charge is -2.34. The van der Waals surface area contributed by atoms with Crippen LogP contribution in [0.1, 0.15) is 29.9 Å². The fourth-order valence-corrected chi connectivity index (χ4v) is 4.37. The molecule has 0 saturated carbocycles. The first kappa shape index (κ1) is 22.3. The van der Waals surface area contributed by atoms with E-state index < -0.39 is 6.36 Å². The van der Waals surface area contributed by atoms with E-state index in [-0.39, 0.29) is 22.9 Å². The Morgan fingerprint density at radius 1 is 0.969 bits per heavy atom. The fraction of sp³-hybridized carbons (Fsp3) is 0.292. The Morgan fingerprint density at radius 3 is 2.25 bits per heavy atom. The predicted molar refractivity (Wildman–Crippen MR) is 119 cm³/mol. The van der Waals surface area contributed by atoms with E-state index in [0.717, 1.165) is 25.9 Å². The third-order valence-electron chi connectivity index (χ3n) is 5.70. The summed E-state index contributed by atoms with van der Waals surface area (Å²) >= 11 is 6.43. The summed E-state index contributed by atoms with van der Waals surface area (Å²) in [4.78, 5) is 14.9. The molecule has 1 aliphatic rings. The highest BCUT2D eigenvalue weighted by molar-refractivity contribution is 6.33. The van der Waals surface area contributed by atoms with E-state index in [4.69, 9.17) is 11.6 Å². The van der Waals surface area contributed by atoms with Gasteiger partial charge >= 0.3 is 6.36 Å². The Balaban J connectivity index is 1.43. The average molecular weight is 463 g/mol. The van der Waals surface area contributed by atoms with Crippen molar-refractivity contribution in [1.82, 2.24) is 4.57 Å². The third kappa shape index (κ3) is 5.27. The first-order valence-electron chi connectivity index (χ1n) is 10.3. The smallest absolute Gasteiger partial charge is 0.406 e. The van der Waals surface area contributed by atoms with E-state index in [1.807, 2.05) is 12.1 Å². The van der Waals surface area contributed by atoms with Gasteiger partial charge in [-0.15, -0.1) is 13.2 Å². The molecule has 0 spiro atoms. The zero-order valence-corrected chi connectivity index (χ0v) is 17.9. The van der Waals surface area contributed by atoms with Crippen molar-refractivity contribution >= 4 is 17.3 Å². The van der Waals surface area contributed by atoms with Gasteiger partial charge in [0.15, 0.2) is 0 Å². The lowest BCUT2D eigenvalue weighted by atomic mass is 9.89. The predicted octanol–water partition coefficient (Wildman–Crippen LogP) is 5.83. The number of pyridine rings is 1. The molecule has 1 aliphatic heterocycles. The molecule has 0 amide bonds. The van der Waals surface area contributed by atoms with Crippen LogP contribution < -0.4 is 15.2 Å². The number of anilines is 1. The second-order valence-corrected chi connectivity index (χ2v) is 8.19. The number of benzene rings is 2. The summed E-state index contributed by atoms with van der Waals surface area (Å²) in [5, 5.41) is 0.155. The Bertz CT molecular complexity index is 1110. The van der Waals surface area contributed by atoms with Crippen LogP contribution >= 0.6 is 11.6 Å². The number of piperidine rings is 1. The zero-order chi connectivity index (χ0) is 22.7. The van der Waals surface area contributed by atoms with Crippen molar-refractivity contribution in [1.29, 1.82) is 0 Å². The molecule has 0 radical (unpaired) electrons. The molecule has 2 aromatic carbocycles. The summed E-state index contributed by atoms with van der Waals surface area (Å²) in [5.74, 6) is 0.191. The summed E-state index contributed by atoms with van der Waals surface area (Å²) in [5.41, 5.74) is 2.38. The minimum absolute atomic E-state index is 0.155. The molecule has 1 aromatic heterocycles. The summed E-state index contributed by atoms with van der Waals surface area (Å²) in [7, 11) is 0. The largest absolute Gasteiger partial charge is 0.573 e. The van der Waals surface area contributed by atoms with Gasteiger partial charge in [-0.3, -0.25) is 4.79 Å². The molecule has 0 unspecified atom stereocenters. The maximum atomic E-state index is 12.8. The van der Waals surface area contributed by atoms with Crippen LogP contribution in [0.4, 0.5) is 18.9 Å². The van der Waals surface area contributed by atoms with Crippen molar-refractivity contribution in [3.8, 4) is 5.75 Å². The Kier molecular flexibility index (Phi) is 6.46. The number of rotatable bonds is 5. The molecule has 3 aromatic rings. The van der Waals surface area contributed by atoms with E-state index in [0.29, 0.717) is 17.2 Å². The number of ether oxygens (including phenoxy) is 1. The van der Waals surface area contributed by atoms with E-state index in [1.165, 1.54) is 34.4 Å². The molecule has 2 heterocycles. The molecule has 0 aliphatic carbocycles. The second-order valence-electron chi connectivity index (χ2n) is 7.81. The van der Waals surface area contributed by atoms with Gasteiger partial charge in [-0.25, -0.2) is 0 Å². The summed E-state index contributed by atoms with van der Waals surface area (Å²) in [6, 6.07) is 17.7. The molecule has 1 fully saturated rings. The van der Waals surface area contributed by atoms with Gasteiger partial charge < -0.3 is 14.2 Å². The minimum Gasteiger partial charge on any atom is -0.406 e. The van der Waals surface area contributed by atoms with Crippen LogP contribution in [0.15, 0.2) is 71.7 Å². The van der Waals surface area contributed by atoms with Gasteiger partial charge in [-0.1, -0.05) is 54.1 Å². The zero-order valence-electron chi connectivity index (χ0n) is 17.2. The van der Waals surface area contributed by atoms with Gasteiger partial charge in [0.1, 0.15) is 10.8 Å². The lowest BCUT2D eigenvalue weighted by molar-refractivity contribution is -0.274. The molecular formula is C24H22ClF3N2O2. The normalized spacial score (nSPS) is 15.1. The van der Waals surface area contributed by atoms with Crippen molar-refractivity contribution in [2.45, 2.75) is 31.7 Å². The molecule has 32 heavy (non-hydrogen) atoms. The number of alkyl halides is 3. The van der Waals surface area contributed by atoms with Gasteiger partial charge in [0.2, 0.25) is 0 Å². The number of hydrogen-bond donors (Lipinski definition) is 0. The molecule has 4 rings (SSSR count). The average Bonchev–Trinajstić information content (AvgIpc) is 2.78. The van der Waals surface area contributed by atoms with Gasteiger partial charge in [0.25, 0.3) is 5.56 Å². The maximum absolute atomic E-state index is 12.8. The molecule has 4 nitrogen and oxygen atoms in total. The first-order chi connectivity index (χ1) is 15.3. The Morgan fingerprint density at radius 2 is 1.62 bits per heavy atom. The highest BCUT2D eigenvalue weighted by Gasteiger charge is 2.31. The number of aromatic nitrogens is 1. The topological polar surface area (TPSA) is 34.5 Å². The van der Waals surface area contributed by atoms with Crippen LogP contribution in [0.5, 0.6) is 5.75 Å². The summed E-state index contributed by atoms with van der Waals surface area (Å²) < 4.78 is 42.2. The molecule has 0 bridgehead atoms. The van der Waals surface area contributed by atoms with Gasteiger partial charge in [0, 0.05) is 19.3 Å². The summed E-state index contributed by atoms with van der Waals surface area (Å²) in [6.45, 7) is 1.81. The van der Waals surface area contributed by atoms with Gasteiger partial charge in [-0.2, -0.15) is 0 Å². The van der Waals surface area contributed by atoms with Crippen molar-refractivity contribution in [3.05, 3.63) is 93.4 Å². The fourth-order valence-electron chi connectivity index (χ4n) is 4.08. The lowest BCUT2D eigenvalue weighted by Crippen LogP contribution is -2.34. The Labute approximate surface area is 188 Å². The van der Waals surface area contributed by atoms with Crippen LogP contribution in [0.25, 0.3) is 0 Å². The van der Waals surface area contributed by atoms with Crippen molar-refractivity contribution < 1.29 is 17.9 Å². The van der Waals surface area contributed by atoms with E-state index in [1.54, 1.807) is 6.20 Å². The highest BCUT2D eigenvalue weighted by atomic mass is 35.5. The number of nitrogens with zero attached hydrogens (tertiary/aromatic N) is 2. The monoisotopic (exact) mass is 462 g/mol. The van der Waals surface area contributed by atoms with Crippen molar-refractivity contribution in [2.75, 3.05) is 18.0 Å². The third-order valence-corrected chi connectivity index (χ3v) is 6.06. The van der Waals surface area contributed by atoms with Gasteiger partial charge in [0.05, 0.1) is 12.2 Å². The number of hydrogen-bond acceptors (Lipinski definition) is 3. The molecule has 0 atom stereocenters. The highest BCUT2D eigenvalue weighted by Crippen LogP contribution is 2.32. The van der Waals surface area contributed by atoms with Crippen LogP contribution in [0, 0.1) is 0 Å². The Hall–Kier alpha value is -2.93. The van der Waals surface area contributed by atoms with E-state index in [9.17, 15) is 18.0 Å². The molecule has 0 N–H and O–H groups in total. The van der Waals surface area contributed by atoms with Crippen molar-refractivity contribution in [3.63, 3.8) is 0 Å². The van der Waals surface area contributed by atoms with Gasteiger partial charge in [-0.05, 0) is 48.1 Å².